The van der Waals surface area contributed by atoms with Gasteiger partial charge >= 0.3 is 0 Å². The molecule has 1 aromatic carbocycles. The molecular weight excluding hydrogens is 290 g/mol. The van der Waals surface area contributed by atoms with E-state index in [-0.39, 0.29) is 29.0 Å². The number of sulfonamides is 1. The number of benzene rings is 1. The summed E-state index contributed by atoms with van der Waals surface area (Å²) in [6.45, 7) is 1.02. The molecule has 21 heavy (non-hydrogen) atoms. The molecule has 2 saturated heterocycles. The van der Waals surface area contributed by atoms with Crippen LogP contribution in [0.5, 0.6) is 0 Å². The van der Waals surface area contributed by atoms with Crippen LogP contribution in [0.2, 0.25) is 0 Å². The van der Waals surface area contributed by atoms with Gasteiger partial charge in [0, 0.05) is 32.1 Å². The highest BCUT2D eigenvalue weighted by Crippen LogP contribution is 2.27. The van der Waals surface area contributed by atoms with Gasteiger partial charge in [-0.1, -0.05) is 12.1 Å². The van der Waals surface area contributed by atoms with Crippen LogP contribution in [-0.4, -0.2) is 49.2 Å². The lowest BCUT2D eigenvalue weighted by Gasteiger charge is -2.36. The first kappa shape index (κ1) is 14.0. The zero-order chi connectivity index (χ0) is 15.0. The normalized spacial score (nSPS) is 22.9. The topological polar surface area (TPSA) is 81.5 Å². The summed E-state index contributed by atoms with van der Waals surface area (Å²) < 4.78 is 26.8. The minimum absolute atomic E-state index is 0.0322. The second-order valence-electron chi connectivity index (χ2n) is 5.25. The van der Waals surface area contributed by atoms with E-state index >= 15 is 0 Å². The molecule has 2 aliphatic heterocycles. The number of rotatable bonds is 2. The Morgan fingerprint density at radius 3 is 2.76 bits per heavy atom. The van der Waals surface area contributed by atoms with Crippen molar-refractivity contribution in [3.05, 3.63) is 29.8 Å². The Kier molecular flexibility index (Phi) is 3.43. The third-order valence-electron chi connectivity index (χ3n) is 4.08. The van der Waals surface area contributed by atoms with E-state index in [1.807, 2.05) is 6.07 Å². The molecule has 0 spiro atoms. The molecule has 1 atom stereocenters. The molecule has 1 amide bonds. The number of amides is 1. The minimum Gasteiger partial charge on any atom is -0.337 e. The number of nitrogens with zero attached hydrogens (tertiary/aromatic N) is 3. The number of carbonyl (C=O) groups excluding carboxylic acids is 1. The molecule has 2 aliphatic rings. The van der Waals surface area contributed by atoms with Crippen LogP contribution in [0.4, 0.5) is 0 Å². The molecule has 0 N–H and O–H groups in total. The van der Waals surface area contributed by atoms with Crippen LogP contribution >= 0.6 is 0 Å². The lowest BCUT2D eigenvalue weighted by molar-refractivity contribution is -0.130. The zero-order valence-corrected chi connectivity index (χ0v) is 12.2. The second-order valence-corrected chi connectivity index (χ2v) is 7.16. The maximum atomic E-state index is 12.7. The molecule has 1 aromatic rings. The van der Waals surface area contributed by atoms with E-state index in [0.717, 1.165) is 0 Å². The maximum absolute atomic E-state index is 12.7. The third kappa shape index (κ3) is 2.30. The van der Waals surface area contributed by atoms with Gasteiger partial charge in [-0.25, -0.2) is 8.42 Å². The van der Waals surface area contributed by atoms with E-state index in [2.05, 4.69) is 0 Å². The van der Waals surface area contributed by atoms with Gasteiger partial charge in [-0.15, -0.1) is 0 Å². The first-order valence-electron chi connectivity index (χ1n) is 6.83. The molecule has 6 nitrogen and oxygen atoms in total. The van der Waals surface area contributed by atoms with Crippen LogP contribution in [0, 0.1) is 11.3 Å². The van der Waals surface area contributed by atoms with Crippen LogP contribution in [0.15, 0.2) is 29.2 Å². The van der Waals surface area contributed by atoms with Crippen molar-refractivity contribution in [2.75, 3.05) is 19.6 Å². The van der Waals surface area contributed by atoms with Crippen molar-refractivity contribution in [3.8, 4) is 6.07 Å². The zero-order valence-electron chi connectivity index (χ0n) is 11.4. The van der Waals surface area contributed by atoms with Gasteiger partial charge in [0.2, 0.25) is 15.9 Å². The van der Waals surface area contributed by atoms with Crippen molar-refractivity contribution in [1.29, 1.82) is 5.26 Å². The van der Waals surface area contributed by atoms with Crippen molar-refractivity contribution in [2.24, 2.45) is 0 Å². The van der Waals surface area contributed by atoms with Crippen molar-refractivity contribution < 1.29 is 13.2 Å². The summed E-state index contributed by atoms with van der Waals surface area (Å²) >= 11 is 0. The molecule has 0 bridgehead atoms. The highest BCUT2D eigenvalue weighted by atomic mass is 32.2. The van der Waals surface area contributed by atoms with Gasteiger partial charge in [0.1, 0.15) is 6.07 Å². The first-order valence-corrected chi connectivity index (χ1v) is 8.27. The smallest absolute Gasteiger partial charge is 0.244 e. The number of piperazine rings is 1. The van der Waals surface area contributed by atoms with Crippen molar-refractivity contribution >= 4 is 15.9 Å². The fourth-order valence-corrected chi connectivity index (χ4v) is 4.59. The van der Waals surface area contributed by atoms with Gasteiger partial charge in [-0.3, -0.25) is 4.79 Å². The lowest BCUT2D eigenvalue weighted by Crippen LogP contribution is -2.53. The molecule has 3 rings (SSSR count). The quantitative estimate of drug-likeness (QED) is 0.799. The van der Waals surface area contributed by atoms with E-state index in [0.29, 0.717) is 25.9 Å². The van der Waals surface area contributed by atoms with E-state index in [1.165, 1.54) is 16.4 Å². The van der Waals surface area contributed by atoms with Crippen LogP contribution in [0.1, 0.15) is 18.4 Å². The van der Waals surface area contributed by atoms with E-state index in [9.17, 15) is 13.2 Å². The molecule has 7 heteroatoms. The number of nitriles is 1. The van der Waals surface area contributed by atoms with Crippen LogP contribution in [0.3, 0.4) is 0 Å². The second kappa shape index (κ2) is 5.13. The Labute approximate surface area is 123 Å². The van der Waals surface area contributed by atoms with E-state index in [1.54, 1.807) is 17.0 Å². The fourth-order valence-electron chi connectivity index (χ4n) is 2.98. The summed E-state index contributed by atoms with van der Waals surface area (Å²) in [5.41, 5.74) is 0.155. The molecule has 0 aliphatic carbocycles. The number of hydrogen-bond donors (Lipinski definition) is 0. The Balaban J connectivity index is 1.90. The standard InChI is InChI=1S/C14H15N3O3S/c15-9-11-3-1-2-4-13(11)21(19,20)16-7-8-17-12(10-16)5-6-14(17)18/h1-4,12H,5-8,10H2/t12-/m1/s1. The predicted octanol–water partition coefficient (Wildman–Crippen LogP) is 0.554. The van der Waals surface area contributed by atoms with Crippen molar-refractivity contribution in [2.45, 2.75) is 23.8 Å². The summed E-state index contributed by atoms with van der Waals surface area (Å²) in [5, 5.41) is 9.08. The van der Waals surface area contributed by atoms with Crippen LogP contribution < -0.4 is 0 Å². The molecule has 0 unspecified atom stereocenters. The average molecular weight is 305 g/mol. The Morgan fingerprint density at radius 2 is 2.00 bits per heavy atom. The first-order chi connectivity index (χ1) is 10.0. The van der Waals surface area contributed by atoms with Crippen LogP contribution in [-0.2, 0) is 14.8 Å². The Bertz CT molecular complexity index is 723. The van der Waals surface area contributed by atoms with Gasteiger partial charge in [-0.2, -0.15) is 9.57 Å². The summed E-state index contributed by atoms with van der Waals surface area (Å²) in [7, 11) is -3.69. The summed E-state index contributed by atoms with van der Waals surface area (Å²) in [6, 6.07) is 8.11. The number of carbonyl (C=O) groups is 1. The summed E-state index contributed by atoms with van der Waals surface area (Å²) in [4.78, 5) is 13.5. The molecule has 2 heterocycles. The molecule has 0 saturated carbocycles. The van der Waals surface area contributed by atoms with Crippen molar-refractivity contribution in [3.63, 3.8) is 0 Å². The van der Waals surface area contributed by atoms with Gasteiger partial charge in [0.15, 0.2) is 0 Å². The Morgan fingerprint density at radius 1 is 1.24 bits per heavy atom. The Hall–Kier alpha value is -1.91. The lowest BCUT2D eigenvalue weighted by atomic mass is 10.2. The molecule has 110 valence electrons. The van der Waals surface area contributed by atoms with Gasteiger partial charge in [0.05, 0.1) is 10.5 Å². The maximum Gasteiger partial charge on any atom is 0.244 e. The highest BCUT2D eigenvalue weighted by molar-refractivity contribution is 7.89. The fraction of sp³-hybridized carbons (Fsp3) is 0.429. The predicted molar refractivity (Wildman–Crippen MR) is 74.7 cm³/mol. The van der Waals surface area contributed by atoms with E-state index < -0.39 is 10.0 Å². The number of fused-ring (bicyclic) bond motifs is 1. The van der Waals surface area contributed by atoms with Gasteiger partial charge in [-0.05, 0) is 18.6 Å². The molecule has 0 aromatic heterocycles. The van der Waals surface area contributed by atoms with Crippen molar-refractivity contribution in [1.82, 2.24) is 9.21 Å². The number of hydrogen-bond acceptors (Lipinski definition) is 4. The SMILES string of the molecule is N#Cc1ccccc1S(=O)(=O)N1CCN2C(=O)CC[C@@H]2C1. The monoisotopic (exact) mass is 305 g/mol. The molecule has 0 radical (unpaired) electrons. The van der Waals surface area contributed by atoms with Gasteiger partial charge in [0.25, 0.3) is 0 Å². The van der Waals surface area contributed by atoms with Gasteiger partial charge < -0.3 is 4.90 Å². The highest BCUT2D eigenvalue weighted by Gasteiger charge is 2.40. The average Bonchev–Trinajstić information content (AvgIpc) is 2.88. The van der Waals surface area contributed by atoms with Crippen LogP contribution in [0.25, 0.3) is 0 Å². The summed E-state index contributed by atoms with van der Waals surface area (Å²) in [5.74, 6) is 0.106. The largest absolute Gasteiger partial charge is 0.337 e. The minimum atomic E-state index is -3.69. The summed E-state index contributed by atoms with van der Waals surface area (Å²) in [6.07, 6.45) is 1.19. The molecular formula is C14H15N3O3S. The van der Waals surface area contributed by atoms with E-state index in [4.69, 9.17) is 5.26 Å². The third-order valence-corrected chi connectivity index (χ3v) is 6.01. The molecule has 2 fully saturated rings.